The first-order chi connectivity index (χ1) is 19.0. The lowest BCUT2D eigenvalue weighted by molar-refractivity contribution is -0.0229. The average molecular weight is 555 g/mol. The van der Waals surface area contributed by atoms with Gasteiger partial charge in [0, 0.05) is 75.1 Å². The van der Waals surface area contributed by atoms with Crippen LogP contribution in [-0.4, -0.2) is 92.4 Å². The zero-order valence-corrected chi connectivity index (χ0v) is 23.0. The molecule has 2 aliphatic heterocycles. The molecule has 0 unspecified atom stereocenters. The van der Waals surface area contributed by atoms with E-state index < -0.39 is 23.3 Å². The maximum absolute atomic E-state index is 13.6. The second-order valence-electron chi connectivity index (χ2n) is 11.1. The number of rotatable bonds is 7. The highest BCUT2D eigenvalue weighted by Crippen LogP contribution is 2.31. The van der Waals surface area contributed by atoms with Crippen molar-refractivity contribution in [1.82, 2.24) is 24.6 Å². The summed E-state index contributed by atoms with van der Waals surface area (Å²) in [6.45, 7) is 9.80. The van der Waals surface area contributed by atoms with E-state index >= 15 is 0 Å². The molecule has 0 saturated carbocycles. The number of aliphatic hydroxyl groups is 2. The molecule has 0 aliphatic carbocycles. The van der Waals surface area contributed by atoms with Crippen molar-refractivity contribution in [3.8, 4) is 5.82 Å². The van der Waals surface area contributed by atoms with Crippen LogP contribution in [0.3, 0.4) is 0 Å². The molecule has 0 bridgehead atoms. The fourth-order valence-corrected chi connectivity index (χ4v) is 5.43. The Balaban J connectivity index is 1.22. The summed E-state index contributed by atoms with van der Waals surface area (Å²) in [4.78, 5) is 14.9. The Morgan fingerprint density at radius 1 is 1.00 bits per heavy atom. The predicted octanol–water partition coefficient (Wildman–Crippen LogP) is 2.23. The molecule has 4 heterocycles. The van der Waals surface area contributed by atoms with Gasteiger partial charge >= 0.3 is 0 Å². The van der Waals surface area contributed by atoms with Gasteiger partial charge in [0.25, 0.3) is 0 Å². The number of nitrogen functional groups attached to an aromatic ring is 1. The first-order valence-electron chi connectivity index (χ1n) is 13.4. The first-order valence-corrected chi connectivity index (χ1v) is 13.4. The second kappa shape index (κ2) is 11.1. The molecule has 0 amide bonds. The fourth-order valence-electron chi connectivity index (χ4n) is 5.43. The van der Waals surface area contributed by atoms with Crippen molar-refractivity contribution in [3.63, 3.8) is 0 Å². The highest BCUT2D eigenvalue weighted by atomic mass is 19.1. The van der Waals surface area contributed by atoms with Gasteiger partial charge < -0.3 is 25.7 Å². The Hall–Kier alpha value is -3.61. The van der Waals surface area contributed by atoms with E-state index in [4.69, 9.17) is 5.73 Å². The molecule has 2 fully saturated rings. The smallest absolute Gasteiger partial charge is 0.224 e. The molecule has 2 atom stereocenters. The van der Waals surface area contributed by atoms with Crippen molar-refractivity contribution in [3.05, 3.63) is 59.4 Å². The SMILES string of the molecule is Cc1c(/C=C/CN2CCN(c3cc(F)cc(F)c3)CC2)cnn1-c1cc(N2C[C@H](O)[C@@H](C(C)(C)O)C2)nc(N)n1. The summed E-state index contributed by atoms with van der Waals surface area (Å²) in [6, 6.07) is 5.41. The van der Waals surface area contributed by atoms with Crippen LogP contribution in [0.5, 0.6) is 0 Å². The topological polar surface area (TPSA) is 120 Å². The number of aliphatic hydroxyl groups excluding tert-OH is 1. The monoisotopic (exact) mass is 554 g/mol. The van der Waals surface area contributed by atoms with Crippen LogP contribution >= 0.6 is 0 Å². The van der Waals surface area contributed by atoms with E-state index in [2.05, 4.69) is 26.0 Å². The maximum atomic E-state index is 13.6. The molecular formula is C28H36F2N8O2. The van der Waals surface area contributed by atoms with Gasteiger partial charge in [-0.15, -0.1) is 0 Å². The summed E-state index contributed by atoms with van der Waals surface area (Å²) in [5, 5.41) is 25.4. The van der Waals surface area contributed by atoms with Gasteiger partial charge in [-0.2, -0.15) is 15.1 Å². The number of halogens is 2. The number of benzene rings is 1. The number of anilines is 3. The van der Waals surface area contributed by atoms with Crippen LogP contribution in [0.1, 0.15) is 25.1 Å². The third-order valence-corrected chi connectivity index (χ3v) is 7.75. The lowest BCUT2D eigenvalue weighted by Crippen LogP contribution is -2.46. The van der Waals surface area contributed by atoms with Gasteiger partial charge in [0.05, 0.1) is 23.6 Å². The standard InChI is InChI=1S/C28H36F2N8O2/c1-18-19(5-4-6-35-7-9-36(10-8-35)22-12-20(29)11-21(30)13-22)15-32-38(18)26-14-25(33-27(31)34-26)37-16-23(24(39)17-37)28(2,3)40/h4-5,11-15,23-24,39-40H,6-10,16-17H2,1-3H3,(H2,31,33,34)/b5-4+/t23-,24-/m0/s1. The second-order valence-corrected chi connectivity index (χ2v) is 11.1. The quantitative estimate of drug-likeness (QED) is 0.404. The summed E-state index contributed by atoms with van der Waals surface area (Å²) in [6.07, 6.45) is 5.18. The van der Waals surface area contributed by atoms with Crippen molar-refractivity contribution in [1.29, 1.82) is 0 Å². The van der Waals surface area contributed by atoms with Crippen molar-refractivity contribution < 1.29 is 19.0 Å². The molecule has 10 nitrogen and oxygen atoms in total. The molecule has 0 spiro atoms. The largest absolute Gasteiger partial charge is 0.391 e. The molecule has 40 heavy (non-hydrogen) atoms. The summed E-state index contributed by atoms with van der Waals surface area (Å²) in [5.41, 5.74) is 7.41. The third-order valence-electron chi connectivity index (χ3n) is 7.75. The molecule has 2 aromatic heterocycles. The van der Waals surface area contributed by atoms with Gasteiger partial charge in [0.2, 0.25) is 5.95 Å². The number of aromatic nitrogens is 4. The van der Waals surface area contributed by atoms with E-state index in [1.807, 2.05) is 22.8 Å². The third kappa shape index (κ3) is 6.08. The van der Waals surface area contributed by atoms with Gasteiger partial charge in [0.1, 0.15) is 17.5 Å². The number of nitrogens with two attached hydrogens (primary N) is 1. The van der Waals surface area contributed by atoms with E-state index in [0.717, 1.165) is 37.0 Å². The van der Waals surface area contributed by atoms with Crippen molar-refractivity contribution in [2.24, 2.45) is 5.92 Å². The van der Waals surface area contributed by atoms with E-state index in [0.29, 0.717) is 43.5 Å². The lowest BCUT2D eigenvalue weighted by atomic mass is 9.89. The number of hydrogen-bond acceptors (Lipinski definition) is 9. The Labute approximate surface area is 232 Å². The minimum absolute atomic E-state index is 0.0980. The van der Waals surface area contributed by atoms with Gasteiger partial charge in [-0.25, -0.2) is 13.5 Å². The summed E-state index contributed by atoms with van der Waals surface area (Å²) >= 11 is 0. The summed E-state index contributed by atoms with van der Waals surface area (Å²) < 4.78 is 28.9. The van der Waals surface area contributed by atoms with Crippen molar-refractivity contribution >= 4 is 23.5 Å². The van der Waals surface area contributed by atoms with Crippen LogP contribution in [0.25, 0.3) is 11.9 Å². The van der Waals surface area contributed by atoms with Crippen LogP contribution in [0.4, 0.5) is 26.2 Å². The van der Waals surface area contributed by atoms with Crippen molar-refractivity contribution in [2.45, 2.75) is 32.5 Å². The summed E-state index contributed by atoms with van der Waals surface area (Å²) in [5.74, 6) is -0.257. The predicted molar refractivity (Wildman–Crippen MR) is 150 cm³/mol. The number of nitrogens with zero attached hydrogens (tertiary/aromatic N) is 7. The fraction of sp³-hybridized carbons (Fsp3) is 0.464. The van der Waals surface area contributed by atoms with Crippen LogP contribution in [0.15, 0.2) is 36.5 Å². The van der Waals surface area contributed by atoms with E-state index in [1.54, 1.807) is 30.8 Å². The Morgan fingerprint density at radius 2 is 1.68 bits per heavy atom. The molecule has 5 rings (SSSR count). The zero-order chi connectivity index (χ0) is 28.6. The van der Waals surface area contributed by atoms with Gasteiger partial charge in [-0.1, -0.05) is 12.2 Å². The first kappa shape index (κ1) is 27.9. The highest BCUT2D eigenvalue weighted by Gasteiger charge is 2.41. The molecule has 4 N–H and O–H groups in total. The van der Waals surface area contributed by atoms with Gasteiger partial charge in [0.15, 0.2) is 5.82 Å². The van der Waals surface area contributed by atoms with Crippen LogP contribution < -0.4 is 15.5 Å². The van der Waals surface area contributed by atoms with E-state index in [-0.39, 0.29) is 11.9 Å². The normalized spacial score (nSPS) is 20.7. The highest BCUT2D eigenvalue weighted by molar-refractivity contribution is 5.54. The molecular weight excluding hydrogens is 518 g/mol. The Morgan fingerprint density at radius 3 is 2.33 bits per heavy atom. The van der Waals surface area contributed by atoms with E-state index in [9.17, 15) is 19.0 Å². The maximum Gasteiger partial charge on any atom is 0.224 e. The molecule has 12 heteroatoms. The Bertz CT molecular complexity index is 1360. The Kier molecular flexibility index (Phi) is 7.76. The molecule has 3 aromatic rings. The van der Waals surface area contributed by atoms with Crippen LogP contribution in [0, 0.1) is 24.5 Å². The molecule has 2 aliphatic rings. The zero-order valence-electron chi connectivity index (χ0n) is 23.0. The van der Waals surface area contributed by atoms with Gasteiger partial charge in [-0.05, 0) is 32.9 Å². The van der Waals surface area contributed by atoms with E-state index in [1.165, 1.54) is 12.1 Å². The minimum Gasteiger partial charge on any atom is -0.391 e. The molecule has 0 radical (unpaired) electrons. The van der Waals surface area contributed by atoms with Crippen molar-refractivity contribution in [2.75, 3.05) is 61.3 Å². The molecule has 214 valence electrons. The van der Waals surface area contributed by atoms with Crippen LogP contribution in [0.2, 0.25) is 0 Å². The van der Waals surface area contributed by atoms with Crippen LogP contribution in [-0.2, 0) is 0 Å². The number of β-amino-alcohol motifs (C(OH)–C–C–N with tert-alkyl or cyclic N) is 1. The molecule has 1 aromatic carbocycles. The number of hydrogen-bond donors (Lipinski definition) is 3. The lowest BCUT2D eigenvalue weighted by Gasteiger charge is -2.35. The van der Waals surface area contributed by atoms with Gasteiger partial charge in [-0.3, -0.25) is 4.90 Å². The number of piperazine rings is 1. The average Bonchev–Trinajstić information content (AvgIpc) is 3.46. The summed E-state index contributed by atoms with van der Waals surface area (Å²) in [7, 11) is 0. The minimum atomic E-state index is -1.02. The molecule has 2 saturated heterocycles.